The van der Waals surface area contributed by atoms with Gasteiger partial charge in [0, 0.05) is 37.3 Å². The monoisotopic (exact) mass is 327 g/mol. The van der Waals surface area contributed by atoms with Crippen LogP contribution in [-0.4, -0.2) is 41.8 Å². The van der Waals surface area contributed by atoms with Gasteiger partial charge in [-0.05, 0) is 36.5 Å². The Morgan fingerprint density at radius 3 is 2.71 bits per heavy atom. The van der Waals surface area contributed by atoms with Gasteiger partial charge in [0.05, 0.1) is 0 Å². The molecule has 2 fully saturated rings. The molecular weight excluding hydrogens is 306 g/mol. The van der Waals surface area contributed by atoms with E-state index in [4.69, 9.17) is 0 Å². The summed E-state index contributed by atoms with van der Waals surface area (Å²) >= 11 is 0. The lowest BCUT2D eigenvalue weighted by molar-refractivity contribution is -0.136. The maximum atomic E-state index is 12.8. The summed E-state index contributed by atoms with van der Waals surface area (Å²) in [4.78, 5) is 40.1. The Labute approximate surface area is 140 Å². The van der Waals surface area contributed by atoms with Crippen LogP contribution in [0, 0.1) is 5.92 Å². The lowest BCUT2D eigenvalue weighted by Crippen LogP contribution is -2.52. The highest BCUT2D eigenvalue weighted by Gasteiger charge is 2.39. The average molecular weight is 327 g/mol. The number of fused-ring (bicyclic) bond motifs is 1. The summed E-state index contributed by atoms with van der Waals surface area (Å²) in [5.41, 5.74) is 2.73. The van der Waals surface area contributed by atoms with Gasteiger partial charge >= 0.3 is 0 Å². The van der Waals surface area contributed by atoms with Crippen molar-refractivity contribution in [2.45, 2.75) is 38.8 Å². The van der Waals surface area contributed by atoms with Crippen molar-refractivity contribution in [1.29, 1.82) is 0 Å². The molecule has 1 aromatic rings. The number of amides is 3. The van der Waals surface area contributed by atoms with Gasteiger partial charge in [-0.1, -0.05) is 13.0 Å². The summed E-state index contributed by atoms with van der Waals surface area (Å²) in [6.07, 6.45) is 1.86. The van der Waals surface area contributed by atoms with Gasteiger partial charge in [-0.25, -0.2) is 0 Å². The third-order valence-electron chi connectivity index (χ3n) is 5.30. The molecule has 0 aromatic heterocycles. The first-order valence-electron chi connectivity index (χ1n) is 8.55. The molecule has 2 saturated heterocycles. The first kappa shape index (κ1) is 15.2. The van der Waals surface area contributed by atoms with Crippen LogP contribution >= 0.6 is 0 Å². The van der Waals surface area contributed by atoms with Gasteiger partial charge in [-0.15, -0.1) is 0 Å². The van der Waals surface area contributed by atoms with E-state index in [9.17, 15) is 14.4 Å². The largest absolute Gasteiger partial charge is 0.371 e. The standard InChI is InChI=1S/C18H21N3O3/c1-11-6-7-20(9-11)13-3-2-12-10-21(18(24)14(12)8-13)15-4-5-16(22)19-17(15)23/h2-3,8,11,15H,4-7,9-10H2,1H3,(H,19,22,23). The molecule has 1 aromatic carbocycles. The van der Waals surface area contributed by atoms with Crippen LogP contribution in [0.4, 0.5) is 5.69 Å². The van der Waals surface area contributed by atoms with Crippen molar-refractivity contribution < 1.29 is 14.4 Å². The molecule has 3 aliphatic heterocycles. The fourth-order valence-electron chi connectivity index (χ4n) is 3.91. The number of hydrogen-bond donors (Lipinski definition) is 1. The Bertz CT molecular complexity index is 730. The number of rotatable bonds is 2. The molecule has 2 atom stereocenters. The van der Waals surface area contributed by atoms with E-state index in [2.05, 4.69) is 23.2 Å². The lowest BCUT2D eigenvalue weighted by atomic mass is 10.0. The number of imide groups is 1. The van der Waals surface area contributed by atoms with Crippen molar-refractivity contribution in [2.24, 2.45) is 5.92 Å². The fourth-order valence-corrected chi connectivity index (χ4v) is 3.91. The molecule has 1 N–H and O–H groups in total. The van der Waals surface area contributed by atoms with Crippen LogP contribution in [-0.2, 0) is 16.1 Å². The maximum Gasteiger partial charge on any atom is 0.255 e. The molecule has 3 aliphatic rings. The zero-order chi connectivity index (χ0) is 16.8. The van der Waals surface area contributed by atoms with Crippen molar-refractivity contribution >= 4 is 23.4 Å². The van der Waals surface area contributed by atoms with E-state index in [0.717, 1.165) is 24.3 Å². The summed E-state index contributed by atoms with van der Waals surface area (Å²) in [6, 6.07) is 5.48. The summed E-state index contributed by atoms with van der Waals surface area (Å²) in [5.74, 6) is -0.0469. The molecule has 0 bridgehead atoms. The molecule has 6 nitrogen and oxygen atoms in total. The molecular formula is C18H21N3O3. The molecule has 0 spiro atoms. The molecule has 126 valence electrons. The average Bonchev–Trinajstić information content (AvgIpc) is 3.12. The van der Waals surface area contributed by atoms with E-state index >= 15 is 0 Å². The predicted molar refractivity (Wildman–Crippen MR) is 88.5 cm³/mol. The van der Waals surface area contributed by atoms with Crippen molar-refractivity contribution in [2.75, 3.05) is 18.0 Å². The third kappa shape index (κ3) is 2.46. The van der Waals surface area contributed by atoms with E-state index in [-0.39, 0.29) is 24.1 Å². The third-order valence-corrected chi connectivity index (χ3v) is 5.30. The molecule has 0 saturated carbocycles. The maximum absolute atomic E-state index is 12.8. The smallest absolute Gasteiger partial charge is 0.255 e. The Hall–Kier alpha value is -2.37. The van der Waals surface area contributed by atoms with E-state index in [1.807, 2.05) is 12.1 Å². The highest BCUT2D eigenvalue weighted by molar-refractivity contribution is 6.05. The minimum Gasteiger partial charge on any atom is -0.371 e. The Morgan fingerprint density at radius 2 is 2.00 bits per heavy atom. The molecule has 6 heteroatoms. The van der Waals surface area contributed by atoms with Crippen molar-refractivity contribution in [1.82, 2.24) is 10.2 Å². The van der Waals surface area contributed by atoms with Crippen LogP contribution in [0.3, 0.4) is 0 Å². The lowest BCUT2D eigenvalue weighted by Gasteiger charge is -2.29. The Morgan fingerprint density at radius 1 is 1.17 bits per heavy atom. The van der Waals surface area contributed by atoms with E-state index < -0.39 is 6.04 Å². The molecule has 24 heavy (non-hydrogen) atoms. The molecule has 2 unspecified atom stereocenters. The normalized spacial score (nSPS) is 26.8. The second kappa shape index (κ2) is 5.61. The number of carbonyl (C=O) groups is 3. The first-order chi connectivity index (χ1) is 11.5. The van der Waals surface area contributed by atoms with Crippen LogP contribution in [0.2, 0.25) is 0 Å². The summed E-state index contributed by atoms with van der Waals surface area (Å²) < 4.78 is 0. The predicted octanol–water partition coefficient (Wildman–Crippen LogP) is 1.29. The highest BCUT2D eigenvalue weighted by atomic mass is 16.2. The zero-order valence-corrected chi connectivity index (χ0v) is 13.7. The van der Waals surface area contributed by atoms with E-state index in [0.29, 0.717) is 24.4 Å². The Balaban J connectivity index is 1.56. The number of piperidine rings is 1. The minimum absolute atomic E-state index is 0.103. The van der Waals surface area contributed by atoms with E-state index in [1.54, 1.807) is 4.90 Å². The fraction of sp³-hybridized carbons (Fsp3) is 0.500. The summed E-state index contributed by atoms with van der Waals surface area (Å²) in [7, 11) is 0. The Kier molecular flexibility index (Phi) is 3.55. The van der Waals surface area contributed by atoms with Gasteiger partial charge in [-0.2, -0.15) is 0 Å². The summed E-state index contributed by atoms with van der Waals surface area (Å²) in [5, 5.41) is 2.33. The van der Waals surface area contributed by atoms with Gasteiger partial charge in [0.1, 0.15) is 6.04 Å². The number of benzene rings is 1. The number of nitrogens with one attached hydrogen (secondary N) is 1. The number of nitrogens with zero attached hydrogens (tertiary/aromatic N) is 2. The molecule has 0 radical (unpaired) electrons. The van der Waals surface area contributed by atoms with E-state index in [1.165, 1.54) is 6.42 Å². The van der Waals surface area contributed by atoms with Crippen molar-refractivity contribution in [3.05, 3.63) is 29.3 Å². The zero-order valence-electron chi connectivity index (χ0n) is 13.7. The summed E-state index contributed by atoms with van der Waals surface area (Å²) in [6.45, 7) is 4.72. The number of carbonyl (C=O) groups excluding carboxylic acids is 3. The highest BCUT2D eigenvalue weighted by Crippen LogP contribution is 2.32. The topological polar surface area (TPSA) is 69.7 Å². The first-order valence-corrected chi connectivity index (χ1v) is 8.55. The van der Waals surface area contributed by atoms with Gasteiger partial charge < -0.3 is 9.80 Å². The SMILES string of the molecule is CC1CCN(c2ccc3c(c2)C(=O)N(C2CCC(=O)NC2=O)C3)C1. The molecule has 4 rings (SSSR count). The minimum atomic E-state index is -0.544. The van der Waals surface area contributed by atoms with Gasteiger partial charge in [-0.3, -0.25) is 19.7 Å². The van der Waals surface area contributed by atoms with Crippen molar-refractivity contribution in [3.8, 4) is 0 Å². The number of hydrogen-bond acceptors (Lipinski definition) is 4. The van der Waals surface area contributed by atoms with Gasteiger partial charge in [0.25, 0.3) is 5.91 Å². The second-order valence-electron chi connectivity index (χ2n) is 7.08. The molecule has 0 aliphatic carbocycles. The molecule has 3 heterocycles. The van der Waals surface area contributed by atoms with Crippen LogP contribution in [0.1, 0.15) is 42.1 Å². The number of anilines is 1. The van der Waals surface area contributed by atoms with Gasteiger partial charge in [0.2, 0.25) is 11.8 Å². The quantitative estimate of drug-likeness (QED) is 0.831. The van der Waals surface area contributed by atoms with Crippen LogP contribution in [0.25, 0.3) is 0 Å². The molecule has 3 amide bonds. The van der Waals surface area contributed by atoms with Crippen LogP contribution in [0.5, 0.6) is 0 Å². The van der Waals surface area contributed by atoms with Crippen LogP contribution in [0.15, 0.2) is 18.2 Å². The van der Waals surface area contributed by atoms with Crippen LogP contribution < -0.4 is 10.2 Å². The van der Waals surface area contributed by atoms with Crippen molar-refractivity contribution in [3.63, 3.8) is 0 Å². The van der Waals surface area contributed by atoms with Gasteiger partial charge in [0.15, 0.2) is 0 Å². The second-order valence-corrected chi connectivity index (χ2v) is 7.08.